The second-order valence-electron chi connectivity index (χ2n) is 4.71. The van der Waals surface area contributed by atoms with E-state index >= 15 is 0 Å². The number of aliphatic imine (C=N–C) groups is 1. The third kappa shape index (κ3) is 3.11. The fourth-order valence-electron chi connectivity index (χ4n) is 2.04. The van der Waals surface area contributed by atoms with Crippen LogP contribution in [0.2, 0.25) is 0 Å². The predicted octanol–water partition coefficient (Wildman–Crippen LogP) is 2.39. The first-order valence-electron chi connectivity index (χ1n) is 6.18. The van der Waals surface area contributed by atoms with E-state index in [1.807, 2.05) is 18.2 Å². The Balaban J connectivity index is 0.00000200. The van der Waals surface area contributed by atoms with Crippen LogP contribution in [0.1, 0.15) is 35.8 Å². The number of aromatic amines is 1. The number of nitrogens with zero attached hydrogens (tertiary/aromatic N) is 1. The molecule has 6 heteroatoms. The normalized spacial score (nSPS) is 11.5. The Bertz CT molecular complexity index is 646. The number of amides is 1. The van der Waals surface area contributed by atoms with E-state index in [0.29, 0.717) is 11.6 Å². The molecule has 1 amide bonds. The Morgan fingerprint density at radius 2 is 2.10 bits per heavy atom. The number of H-pyrrole nitrogens is 1. The van der Waals surface area contributed by atoms with Gasteiger partial charge in [0.1, 0.15) is 5.69 Å². The summed E-state index contributed by atoms with van der Waals surface area (Å²) in [4.78, 5) is 18.8. The molecule has 0 bridgehead atoms. The lowest BCUT2D eigenvalue weighted by Crippen LogP contribution is -2.36. The van der Waals surface area contributed by atoms with Crippen LogP contribution in [-0.2, 0) is 0 Å². The van der Waals surface area contributed by atoms with Crippen LogP contribution in [-0.4, -0.2) is 23.9 Å². The summed E-state index contributed by atoms with van der Waals surface area (Å²) in [6, 6.07) is 7.86. The predicted molar refractivity (Wildman–Crippen MR) is 84.6 cm³/mol. The first-order chi connectivity index (χ1) is 9.02. The van der Waals surface area contributed by atoms with Crippen LogP contribution in [0.15, 0.2) is 29.3 Å². The minimum Gasteiger partial charge on any atom is -0.370 e. The van der Waals surface area contributed by atoms with E-state index in [0.717, 1.165) is 10.9 Å². The smallest absolute Gasteiger partial charge is 0.274 e. The molecule has 108 valence electrons. The highest BCUT2D eigenvalue weighted by atomic mass is 35.5. The highest BCUT2D eigenvalue weighted by Crippen LogP contribution is 2.25. The largest absolute Gasteiger partial charge is 0.370 e. The molecule has 20 heavy (non-hydrogen) atoms. The van der Waals surface area contributed by atoms with Crippen LogP contribution < -0.4 is 11.1 Å². The van der Waals surface area contributed by atoms with Gasteiger partial charge < -0.3 is 10.7 Å². The van der Waals surface area contributed by atoms with Crippen molar-refractivity contribution in [2.45, 2.75) is 19.8 Å². The zero-order chi connectivity index (χ0) is 14.0. The van der Waals surface area contributed by atoms with Crippen molar-refractivity contribution in [3.63, 3.8) is 0 Å². The van der Waals surface area contributed by atoms with Crippen molar-refractivity contribution >= 4 is 35.2 Å². The van der Waals surface area contributed by atoms with Gasteiger partial charge in [-0.1, -0.05) is 26.0 Å². The number of nitrogens with one attached hydrogen (secondary N) is 2. The van der Waals surface area contributed by atoms with Crippen LogP contribution in [0.3, 0.4) is 0 Å². The van der Waals surface area contributed by atoms with E-state index in [-0.39, 0.29) is 24.3 Å². The minimum atomic E-state index is -0.283. The maximum absolute atomic E-state index is 12.0. The number of carbonyl (C=O) groups excluding carboxylic acids is 1. The molecule has 0 radical (unpaired) electrons. The number of guanidine groups is 1. The van der Waals surface area contributed by atoms with Crippen LogP contribution in [0.4, 0.5) is 0 Å². The summed E-state index contributed by atoms with van der Waals surface area (Å²) in [5.74, 6) is 0.222. The van der Waals surface area contributed by atoms with Crippen molar-refractivity contribution in [3.8, 4) is 0 Å². The molecule has 0 aliphatic heterocycles. The fraction of sp³-hybridized carbons (Fsp3) is 0.286. The second-order valence-corrected chi connectivity index (χ2v) is 4.71. The molecular weight excluding hydrogens is 276 g/mol. The average Bonchev–Trinajstić information content (AvgIpc) is 2.81. The minimum absolute atomic E-state index is 0. The van der Waals surface area contributed by atoms with Gasteiger partial charge >= 0.3 is 0 Å². The number of halogens is 1. The van der Waals surface area contributed by atoms with E-state index in [2.05, 4.69) is 35.2 Å². The van der Waals surface area contributed by atoms with E-state index in [4.69, 9.17) is 5.73 Å². The van der Waals surface area contributed by atoms with E-state index in [1.165, 1.54) is 12.6 Å². The molecule has 2 aromatic rings. The number of aromatic nitrogens is 1. The van der Waals surface area contributed by atoms with Crippen molar-refractivity contribution < 1.29 is 4.79 Å². The topological polar surface area (TPSA) is 83.3 Å². The summed E-state index contributed by atoms with van der Waals surface area (Å²) in [7, 11) is 1.53. The summed E-state index contributed by atoms with van der Waals surface area (Å²) in [5.41, 5.74) is 8.13. The van der Waals surface area contributed by atoms with Gasteiger partial charge in [0.2, 0.25) is 0 Å². The number of nitrogens with two attached hydrogens (primary N) is 1. The monoisotopic (exact) mass is 294 g/mol. The summed E-state index contributed by atoms with van der Waals surface area (Å²) >= 11 is 0. The Morgan fingerprint density at radius 1 is 1.40 bits per heavy atom. The molecule has 1 aromatic carbocycles. The van der Waals surface area contributed by atoms with Gasteiger partial charge in [-0.2, -0.15) is 0 Å². The average molecular weight is 295 g/mol. The van der Waals surface area contributed by atoms with Gasteiger partial charge in [-0.05, 0) is 23.6 Å². The van der Waals surface area contributed by atoms with Crippen LogP contribution >= 0.6 is 12.4 Å². The van der Waals surface area contributed by atoms with E-state index in [9.17, 15) is 4.79 Å². The number of rotatable bonds is 2. The zero-order valence-corrected chi connectivity index (χ0v) is 12.5. The lowest BCUT2D eigenvalue weighted by atomic mass is 9.99. The molecule has 0 aliphatic carbocycles. The lowest BCUT2D eigenvalue weighted by molar-refractivity contribution is 0.0972. The van der Waals surface area contributed by atoms with Crippen molar-refractivity contribution in [1.82, 2.24) is 10.3 Å². The van der Waals surface area contributed by atoms with Crippen molar-refractivity contribution in [1.29, 1.82) is 0 Å². The molecule has 0 aliphatic rings. The number of hydrogen-bond acceptors (Lipinski definition) is 2. The van der Waals surface area contributed by atoms with Gasteiger partial charge in [-0.25, -0.2) is 0 Å². The molecular formula is C14H19ClN4O. The molecule has 0 atom stereocenters. The number of fused-ring (bicyclic) bond motifs is 1. The lowest BCUT2D eigenvalue weighted by Gasteiger charge is -2.05. The molecule has 0 spiro atoms. The molecule has 5 nitrogen and oxygen atoms in total. The zero-order valence-electron chi connectivity index (χ0n) is 11.7. The maximum atomic E-state index is 12.0. The molecule has 2 rings (SSSR count). The number of carbonyl (C=O) groups is 1. The van der Waals surface area contributed by atoms with Gasteiger partial charge in [-0.3, -0.25) is 15.1 Å². The molecule has 0 saturated carbocycles. The fourth-order valence-corrected chi connectivity index (χ4v) is 2.04. The van der Waals surface area contributed by atoms with Gasteiger partial charge in [0.05, 0.1) is 0 Å². The van der Waals surface area contributed by atoms with Gasteiger partial charge in [0.15, 0.2) is 5.96 Å². The number of benzene rings is 1. The standard InChI is InChI=1S/C14H18N4O.ClH/c1-8(2)9-5-4-6-11-10(9)7-12(17-11)13(19)18-14(15)16-3;/h4-8,17H,1-3H3,(H3,15,16,18,19);1H. The molecule has 0 fully saturated rings. The summed E-state index contributed by atoms with van der Waals surface area (Å²) in [6.45, 7) is 4.26. The highest BCUT2D eigenvalue weighted by Gasteiger charge is 2.13. The Morgan fingerprint density at radius 3 is 2.70 bits per heavy atom. The quantitative estimate of drug-likeness (QED) is 0.587. The Hall–Kier alpha value is -2.01. The summed E-state index contributed by atoms with van der Waals surface area (Å²) in [5, 5.41) is 3.58. The second kappa shape index (κ2) is 6.43. The molecule has 0 saturated heterocycles. The van der Waals surface area contributed by atoms with Gasteiger partial charge in [0, 0.05) is 18.0 Å². The molecule has 0 unspecified atom stereocenters. The van der Waals surface area contributed by atoms with E-state index in [1.54, 1.807) is 0 Å². The van der Waals surface area contributed by atoms with Crippen molar-refractivity contribution in [2.75, 3.05) is 7.05 Å². The first kappa shape index (κ1) is 16.0. The van der Waals surface area contributed by atoms with Gasteiger partial charge in [0.25, 0.3) is 5.91 Å². The molecule has 1 aromatic heterocycles. The first-order valence-corrected chi connectivity index (χ1v) is 6.18. The Labute approximate surface area is 124 Å². The Kier molecular flexibility index (Phi) is 5.16. The van der Waals surface area contributed by atoms with E-state index < -0.39 is 0 Å². The van der Waals surface area contributed by atoms with Gasteiger partial charge in [-0.15, -0.1) is 12.4 Å². The van der Waals surface area contributed by atoms with Crippen LogP contribution in [0, 0.1) is 0 Å². The summed E-state index contributed by atoms with van der Waals surface area (Å²) in [6.07, 6.45) is 0. The SMILES string of the molecule is CN=C(N)NC(=O)c1cc2c(C(C)C)cccc2[nH]1.Cl. The summed E-state index contributed by atoms with van der Waals surface area (Å²) < 4.78 is 0. The number of hydrogen-bond donors (Lipinski definition) is 3. The van der Waals surface area contributed by atoms with Crippen molar-refractivity contribution in [3.05, 3.63) is 35.5 Å². The van der Waals surface area contributed by atoms with Crippen molar-refractivity contribution in [2.24, 2.45) is 10.7 Å². The van der Waals surface area contributed by atoms with Crippen LogP contribution in [0.5, 0.6) is 0 Å². The molecule has 4 N–H and O–H groups in total. The third-order valence-corrected chi connectivity index (χ3v) is 3.05. The highest BCUT2D eigenvalue weighted by molar-refractivity contribution is 6.06. The third-order valence-electron chi connectivity index (χ3n) is 3.05. The maximum Gasteiger partial charge on any atom is 0.274 e. The van der Waals surface area contributed by atoms with Crippen LogP contribution in [0.25, 0.3) is 10.9 Å². The molecule has 1 heterocycles.